The summed E-state index contributed by atoms with van der Waals surface area (Å²) >= 11 is 0. The number of hydrogen-bond donors (Lipinski definition) is 2. The van der Waals surface area contributed by atoms with E-state index in [4.69, 9.17) is 4.74 Å². The average molecular weight is 299 g/mol. The number of aryl methyl sites for hydroxylation is 1. The molecular weight excluding hydrogens is 278 g/mol. The lowest BCUT2D eigenvalue weighted by atomic mass is 9.94. The first kappa shape index (κ1) is 14.5. The topological polar surface area (TPSA) is 55.3 Å². The third kappa shape index (κ3) is 3.08. The lowest BCUT2D eigenvalue weighted by Gasteiger charge is -2.20. The van der Waals surface area contributed by atoms with Crippen LogP contribution in [0.15, 0.2) is 42.7 Å². The van der Waals surface area contributed by atoms with Crippen LogP contribution in [0, 0.1) is 0 Å². The quantitative estimate of drug-likeness (QED) is 0.911. The highest BCUT2D eigenvalue weighted by Gasteiger charge is 2.29. The predicted molar refractivity (Wildman–Crippen MR) is 84.9 cm³/mol. The minimum absolute atomic E-state index is 0.0134. The Hall–Kier alpha value is -2.43. The molecule has 2 atom stereocenters. The van der Waals surface area contributed by atoms with Crippen molar-refractivity contribution in [3.8, 4) is 5.75 Å². The van der Waals surface area contributed by atoms with Crippen molar-refractivity contribution in [3.05, 3.63) is 53.9 Å². The highest BCUT2D eigenvalue weighted by molar-refractivity contribution is 5.74. The van der Waals surface area contributed by atoms with E-state index in [1.54, 1.807) is 0 Å². The van der Waals surface area contributed by atoms with Crippen LogP contribution < -0.4 is 15.4 Å². The van der Waals surface area contributed by atoms with Crippen molar-refractivity contribution in [2.24, 2.45) is 7.05 Å². The second kappa shape index (κ2) is 6.13. The van der Waals surface area contributed by atoms with Gasteiger partial charge < -0.3 is 19.9 Å². The molecule has 116 valence electrons. The highest BCUT2D eigenvalue weighted by Crippen LogP contribution is 2.35. The van der Waals surface area contributed by atoms with Gasteiger partial charge in [0.2, 0.25) is 0 Å². The van der Waals surface area contributed by atoms with Crippen molar-refractivity contribution in [1.29, 1.82) is 0 Å². The highest BCUT2D eigenvalue weighted by atomic mass is 16.5. The molecule has 0 unspecified atom stereocenters. The molecular formula is C17H21N3O2. The minimum Gasteiger partial charge on any atom is -0.493 e. The second-order valence-electron chi connectivity index (χ2n) is 5.76. The first-order chi connectivity index (χ1) is 10.6. The third-order valence-corrected chi connectivity index (χ3v) is 4.05. The predicted octanol–water partition coefficient (Wildman–Crippen LogP) is 2.39. The minimum atomic E-state index is -0.152. The van der Waals surface area contributed by atoms with Crippen LogP contribution in [-0.4, -0.2) is 23.2 Å². The van der Waals surface area contributed by atoms with Gasteiger partial charge in [-0.15, -0.1) is 0 Å². The fraction of sp³-hybridized carbons (Fsp3) is 0.353. The number of benzene rings is 1. The largest absolute Gasteiger partial charge is 0.493 e. The Bertz CT molecular complexity index is 665. The van der Waals surface area contributed by atoms with E-state index in [-0.39, 0.29) is 18.0 Å². The van der Waals surface area contributed by atoms with Gasteiger partial charge in [0.15, 0.2) is 0 Å². The van der Waals surface area contributed by atoms with Gasteiger partial charge in [-0.25, -0.2) is 4.79 Å². The number of carbonyl (C=O) groups is 1. The van der Waals surface area contributed by atoms with Gasteiger partial charge in [0.25, 0.3) is 0 Å². The van der Waals surface area contributed by atoms with Crippen molar-refractivity contribution in [2.75, 3.05) is 6.61 Å². The van der Waals surface area contributed by atoms with Gasteiger partial charge in [0.1, 0.15) is 5.75 Å². The van der Waals surface area contributed by atoms with Crippen molar-refractivity contribution in [1.82, 2.24) is 15.2 Å². The van der Waals surface area contributed by atoms with E-state index in [0.717, 1.165) is 11.3 Å². The molecule has 0 fully saturated rings. The van der Waals surface area contributed by atoms with Crippen LogP contribution in [0.1, 0.15) is 24.0 Å². The van der Waals surface area contributed by atoms with E-state index in [1.807, 2.05) is 55.2 Å². The van der Waals surface area contributed by atoms with Crippen molar-refractivity contribution in [2.45, 2.75) is 25.4 Å². The van der Waals surface area contributed by atoms with Gasteiger partial charge in [-0.3, -0.25) is 0 Å². The molecule has 2 aromatic rings. The average Bonchev–Trinajstić information content (AvgIpc) is 3.11. The molecule has 5 nitrogen and oxygen atoms in total. The molecule has 0 aliphatic carbocycles. The SMILES string of the molecule is C[C@@H](NC(=O)NCc1ccn(C)c1)[C@@H]1COc2ccccc21. The number of amides is 2. The van der Waals surface area contributed by atoms with Crippen molar-refractivity contribution in [3.63, 3.8) is 0 Å². The number of nitrogens with one attached hydrogen (secondary N) is 2. The maximum absolute atomic E-state index is 12.0. The van der Waals surface area contributed by atoms with Gasteiger partial charge in [-0.1, -0.05) is 18.2 Å². The summed E-state index contributed by atoms with van der Waals surface area (Å²) in [5, 5.41) is 5.89. The Labute approximate surface area is 130 Å². The third-order valence-electron chi connectivity index (χ3n) is 4.05. The lowest BCUT2D eigenvalue weighted by Crippen LogP contribution is -2.43. The van der Waals surface area contributed by atoms with E-state index in [9.17, 15) is 4.79 Å². The van der Waals surface area contributed by atoms with Gasteiger partial charge >= 0.3 is 6.03 Å². The van der Waals surface area contributed by atoms with E-state index in [1.165, 1.54) is 5.56 Å². The van der Waals surface area contributed by atoms with Crippen LogP contribution >= 0.6 is 0 Å². The van der Waals surface area contributed by atoms with Gasteiger partial charge in [-0.2, -0.15) is 0 Å². The van der Waals surface area contributed by atoms with E-state index >= 15 is 0 Å². The van der Waals surface area contributed by atoms with E-state index in [2.05, 4.69) is 16.7 Å². The van der Waals surface area contributed by atoms with E-state index < -0.39 is 0 Å². The molecule has 2 N–H and O–H groups in total. The molecule has 0 saturated carbocycles. The Balaban J connectivity index is 1.53. The lowest BCUT2D eigenvalue weighted by molar-refractivity contribution is 0.232. The summed E-state index contributed by atoms with van der Waals surface area (Å²) in [5.41, 5.74) is 2.25. The van der Waals surface area contributed by atoms with Crippen LogP contribution in [0.3, 0.4) is 0 Å². The maximum Gasteiger partial charge on any atom is 0.315 e. The molecule has 0 radical (unpaired) electrons. The monoisotopic (exact) mass is 299 g/mol. The smallest absolute Gasteiger partial charge is 0.315 e. The molecule has 2 amide bonds. The zero-order valence-electron chi connectivity index (χ0n) is 12.9. The second-order valence-corrected chi connectivity index (χ2v) is 5.76. The number of aromatic nitrogens is 1. The van der Waals surface area contributed by atoms with Crippen LogP contribution in [0.25, 0.3) is 0 Å². The van der Waals surface area contributed by atoms with Gasteiger partial charge in [0, 0.05) is 43.5 Å². The van der Waals surface area contributed by atoms with Crippen molar-refractivity contribution >= 4 is 6.03 Å². The van der Waals surface area contributed by atoms with Crippen molar-refractivity contribution < 1.29 is 9.53 Å². The molecule has 3 rings (SSSR count). The van der Waals surface area contributed by atoms with Crippen LogP contribution in [0.4, 0.5) is 4.79 Å². The molecule has 0 spiro atoms. The molecule has 1 aliphatic rings. The molecule has 2 heterocycles. The van der Waals surface area contributed by atoms with Gasteiger partial charge in [0.05, 0.1) is 6.61 Å². The molecule has 0 bridgehead atoms. The summed E-state index contributed by atoms with van der Waals surface area (Å²) in [6.45, 7) is 3.15. The Morgan fingerprint density at radius 2 is 2.23 bits per heavy atom. The number of nitrogens with zero attached hydrogens (tertiary/aromatic N) is 1. The Kier molecular flexibility index (Phi) is 4.04. The summed E-state index contributed by atoms with van der Waals surface area (Å²) in [5.74, 6) is 1.12. The number of rotatable bonds is 4. The normalized spacial score (nSPS) is 17.5. The zero-order chi connectivity index (χ0) is 15.5. The number of carbonyl (C=O) groups excluding carboxylic acids is 1. The zero-order valence-corrected chi connectivity index (χ0v) is 12.9. The first-order valence-electron chi connectivity index (χ1n) is 7.50. The molecule has 1 aromatic heterocycles. The van der Waals surface area contributed by atoms with Crippen LogP contribution in [0.5, 0.6) is 5.75 Å². The summed E-state index contributed by atoms with van der Waals surface area (Å²) in [4.78, 5) is 12.0. The maximum atomic E-state index is 12.0. The summed E-state index contributed by atoms with van der Waals surface area (Å²) in [6, 6.07) is 9.85. The number of hydrogen-bond acceptors (Lipinski definition) is 2. The standard InChI is InChI=1S/C17H21N3O2/c1-12(15-11-22-16-6-4-3-5-14(15)16)19-17(21)18-9-13-7-8-20(2)10-13/h3-8,10,12,15H,9,11H2,1-2H3,(H2,18,19,21)/t12-,15+/m1/s1. The number of ether oxygens (including phenoxy) is 1. The number of urea groups is 1. The molecule has 0 saturated heterocycles. The number of para-hydroxylation sites is 1. The number of fused-ring (bicyclic) bond motifs is 1. The Morgan fingerprint density at radius 1 is 1.41 bits per heavy atom. The summed E-state index contributed by atoms with van der Waals surface area (Å²) in [7, 11) is 1.96. The first-order valence-corrected chi connectivity index (χ1v) is 7.50. The van der Waals surface area contributed by atoms with Gasteiger partial charge in [-0.05, 0) is 24.6 Å². The summed E-state index contributed by atoms with van der Waals surface area (Å²) in [6.07, 6.45) is 3.95. The molecule has 5 heteroatoms. The summed E-state index contributed by atoms with van der Waals surface area (Å²) < 4.78 is 7.63. The molecule has 22 heavy (non-hydrogen) atoms. The fourth-order valence-electron chi connectivity index (χ4n) is 2.81. The van der Waals surface area contributed by atoms with Crippen LogP contribution in [0.2, 0.25) is 0 Å². The molecule has 1 aliphatic heterocycles. The fourth-order valence-corrected chi connectivity index (χ4v) is 2.81. The van der Waals surface area contributed by atoms with E-state index in [0.29, 0.717) is 13.2 Å². The van der Waals surface area contributed by atoms with Crippen LogP contribution in [-0.2, 0) is 13.6 Å². The Morgan fingerprint density at radius 3 is 3.00 bits per heavy atom. The molecule has 1 aromatic carbocycles.